The van der Waals surface area contributed by atoms with Gasteiger partial charge in [-0.3, -0.25) is 0 Å². The van der Waals surface area contributed by atoms with Crippen molar-refractivity contribution in [3.05, 3.63) is 52.8 Å². The third-order valence-electron chi connectivity index (χ3n) is 4.07. The lowest BCUT2D eigenvalue weighted by Crippen LogP contribution is -2.27. The van der Waals surface area contributed by atoms with Crippen LogP contribution in [0.2, 0.25) is 0 Å². The van der Waals surface area contributed by atoms with E-state index < -0.39 is 0 Å². The van der Waals surface area contributed by atoms with Crippen LogP contribution in [0.5, 0.6) is 0 Å². The van der Waals surface area contributed by atoms with Gasteiger partial charge in [-0.15, -0.1) is 5.73 Å². The van der Waals surface area contributed by atoms with E-state index in [9.17, 15) is 0 Å². The molecular formula is C16H19N. The molecular weight excluding hydrogens is 206 g/mol. The molecule has 0 heterocycles. The SMILES string of the molecule is NC1CCC(C2=C=CC=CC3=C2C=CC3)CC1. The molecule has 0 bridgehead atoms. The number of hydrogen-bond acceptors (Lipinski definition) is 1. The molecule has 1 nitrogen and oxygen atoms in total. The second-order valence-corrected chi connectivity index (χ2v) is 5.24. The van der Waals surface area contributed by atoms with Gasteiger partial charge in [0.1, 0.15) is 0 Å². The van der Waals surface area contributed by atoms with Crippen LogP contribution in [0.15, 0.2) is 52.8 Å². The predicted molar refractivity (Wildman–Crippen MR) is 71.5 cm³/mol. The van der Waals surface area contributed by atoms with Crippen molar-refractivity contribution < 1.29 is 0 Å². The summed E-state index contributed by atoms with van der Waals surface area (Å²) in [5, 5.41) is 0. The van der Waals surface area contributed by atoms with Crippen LogP contribution in [0.3, 0.4) is 0 Å². The van der Waals surface area contributed by atoms with Crippen molar-refractivity contribution in [2.75, 3.05) is 0 Å². The van der Waals surface area contributed by atoms with E-state index in [1.165, 1.54) is 29.6 Å². The number of rotatable bonds is 1. The molecule has 3 rings (SSSR count). The lowest BCUT2D eigenvalue weighted by molar-refractivity contribution is 0.366. The highest BCUT2D eigenvalue weighted by molar-refractivity contribution is 5.54. The Hall–Kier alpha value is -1.30. The van der Waals surface area contributed by atoms with Gasteiger partial charge >= 0.3 is 0 Å². The van der Waals surface area contributed by atoms with E-state index in [-0.39, 0.29) is 0 Å². The third-order valence-corrected chi connectivity index (χ3v) is 4.07. The van der Waals surface area contributed by atoms with Crippen LogP contribution in [0, 0.1) is 5.92 Å². The highest BCUT2D eigenvalue weighted by Crippen LogP contribution is 2.37. The summed E-state index contributed by atoms with van der Waals surface area (Å²) in [4.78, 5) is 0. The van der Waals surface area contributed by atoms with E-state index in [2.05, 4.69) is 36.1 Å². The van der Waals surface area contributed by atoms with Crippen molar-refractivity contribution in [1.82, 2.24) is 0 Å². The van der Waals surface area contributed by atoms with Crippen LogP contribution >= 0.6 is 0 Å². The van der Waals surface area contributed by atoms with E-state index in [0.717, 1.165) is 19.3 Å². The molecule has 1 heteroatoms. The summed E-state index contributed by atoms with van der Waals surface area (Å²) in [5.41, 5.74) is 13.8. The van der Waals surface area contributed by atoms with Crippen molar-refractivity contribution in [3.63, 3.8) is 0 Å². The van der Waals surface area contributed by atoms with E-state index in [1.54, 1.807) is 0 Å². The summed E-state index contributed by atoms with van der Waals surface area (Å²) < 4.78 is 0. The highest BCUT2D eigenvalue weighted by Gasteiger charge is 2.25. The second kappa shape index (κ2) is 4.52. The standard InChI is InChI=1S/C16H19N/c17-14-10-8-13(9-11-14)15-6-2-1-4-12-5-3-7-16(12)15/h1-4,7,13-14H,5,8-11,17H2. The van der Waals surface area contributed by atoms with Crippen molar-refractivity contribution in [2.45, 2.75) is 38.1 Å². The first-order chi connectivity index (χ1) is 8.34. The zero-order valence-electron chi connectivity index (χ0n) is 10.2. The molecule has 3 aliphatic rings. The minimum atomic E-state index is 0.423. The normalized spacial score (nSPS) is 31.5. The summed E-state index contributed by atoms with van der Waals surface area (Å²) in [6.45, 7) is 0. The molecule has 0 atom stereocenters. The van der Waals surface area contributed by atoms with Gasteiger partial charge in [0.25, 0.3) is 0 Å². The molecule has 17 heavy (non-hydrogen) atoms. The molecule has 0 unspecified atom stereocenters. The Bertz CT molecular complexity index is 462. The largest absolute Gasteiger partial charge is 0.328 e. The van der Waals surface area contributed by atoms with Gasteiger partial charge in [-0.05, 0) is 55.2 Å². The summed E-state index contributed by atoms with van der Waals surface area (Å²) in [6, 6.07) is 0.423. The average molecular weight is 225 g/mol. The Morgan fingerprint density at radius 2 is 1.94 bits per heavy atom. The van der Waals surface area contributed by atoms with Crippen LogP contribution in [-0.4, -0.2) is 6.04 Å². The van der Waals surface area contributed by atoms with Crippen molar-refractivity contribution in [1.29, 1.82) is 0 Å². The van der Waals surface area contributed by atoms with Gasteiger partial charge in [0.15, 0.2) is 0 Å². The summed E-state index contributed by atoms with van der Waals surface area (Å²) in [5.74, 6) is 0.665. The second-order valence-electron chi connectivity index (χ2n) is 5.24. The molecule has 88 valence electrons. The predicted octanol–water partition coefficient (Wildman–Crippen LogP) is 3.41. The number of allylic oxidation sites excluding steroid dienone is 7. The molecule has 0 radical (unpaired) electrons. The summed E-state index contributed by atoms with van der Waals surface area (Å²) >= 11 is 0. The fourth-order valence-corrected chi connectivity index (χ4v) is 3.07. The molecule has 0 aromatic carbocycles. The van der Waals surface area contributed by atoms with E-state index in [0.29, 0.717) is 12.0 Å². The zero-order valence-corrected chi connectivity index (χ0v) is 10.2. The Morgan fingerprint density at radius 3 is 2.76 bits per heavy atom. The number of nitrogens with two attached hydrogens (primary N) is 1. The molecule has 0 amide bonds. The Morgan fingerprint density at radius 1 is 1.12 bits per heavy atom. The maximum Gasteiger partial charge on any atom is 0.00458 e. The van der Waals surface area contributed by atoms with E-state index >= 15 is 0 Å². The lowest BCUT2D eigenvalue weighted by atomic mass is 9.79. The zero-order chi connectivity index (χ0) is 11.7. The van der Waals surface area contributed by atoms with E-state index in [1.807, 2.05) is 0 Å². The van der Waals surface area contributed by atoms with Gasteiger partial charge in [-0.2, -0.15) is 0 Å². The van der Waals surface area contributed by atoms with Crippen molar-refractivity contribution >= 4 is 0 Å². The third kappa shape index (κ3) is 2.09. The fourth-order valence-electron chi connectivity index (χ4n) is 3.07. The molecule has 0 aromatic rings. The first-order valence-corrected chi connectivity index (χ1v) is 6.63. The van der Waals surface area contributed by atoms with Gasteiger partial charge in [0.05, 0.1) is 0 Å². The van der Waals surface area contributed by atoms with Gasteiger partial charge in [0.2, 0.25) is 0 Å². The molecule has 0 aromatic heterocycles. The Balaban J connectivity index is 1.89. The molecule has 0 aliphatic heterocycles. The maximum atomic E-state index is 5.99. The fraction of sp³-hybridized carbons (Fsp3) is 0.438. The van der Waals surface area contributed by atoms with Crippen molar-refractivity contribution in [3.8, 4) is 0 Å². The first-order valence-electron chi connectivity index (χ1n) is 6.63. The quantitative estimate of drug-likeness (QED) is 0.680. The Labute approximate surface area is 103 Å². The average Bonchev–Trinajstić information content (AvgIpc) is 2.71. The topological polar surface area (TPSA) is 26.0 Å². The number of hydrogen-bond donors (Lipinski definition) is 1. The smallest absolute Gasteiger partial charge is 0.00458 e. The summed E-state index contributed by atoms with van der Waals surface area (Å²) in [7, 11) is 0. The molecule has 1 fully saturated rings. The molecule has 3 aliphatic carbocycles. The minimum absolute atomic E-state index is 0.423. The van der Waals surface area contributed by atoms with Crippen LogP contribution in [0.1, 0.15) is 32.1 Å². The first kappa shape index (κ1) is 10.8. The van der Waals surface area contributed by atoms with Crippen LogP contribution in [-0.2, 0) is 0 Å². The highest BCUT2D eigenvalue weighted by atomic mass is 14.6. The van der Waals surface area contributed by atoms with Crippen LogP contribution < -0.4 is 5.73 Å². The van der Waals surface area contributed by atoms with E-state index in [4.69, 9.17) is 5.73 Å². The van der Waals surface area contributed by atoms with Crippen LogP contribution in [0.25, 0.3) is 0 Å². The molecule has 1 saturated carbocycles. The molecule has 2 N–H and O–H groups in total. The van der Waals surface area contributed by atoms with Gasteiger partial charge in [-0.1, -0.05) is 24.3 Å². The van der Waals surface area contributed by atoms with Crippen molar-refractivity contribution in [2.24, 2.45) is 11.7 Å². The summed E-state index contributed by atoms with van der Waals surface area (Å²) in [6.07, 6.45) is 16.8. The Kier molecular flexibility index (Phi) is 2.88. The molecule has 0 spiro atoms. The molecule has 0 saturated heterocycles. The maximum absolute atomic E-state index is 5.99. The van der Waals surface area contributed by atoms with Gasteiger partial charge in [0, 0.05) is 11.6 Å². The van der Waals surface area contributed by atoms with Gasteiger partial charge < -0.3 is 5.73 Å². The van der Waals surface area contributed by atoms with Gasteiger partial charge in [-0.25, -0.2) is 0 Å². The minimum Gasteiger partial charge on any atom is -0.328 e. The van der Waals surface area contributed by atoms with Crippen LogP contribution in [0.4, 0.5) is 0 Å². The monoisotopic (exact) mass is 225 g/mol. The lowest BCUT2D eigenvalue weighted by Gasteiger charge is -2.27.